The first-order valence-electron chi connectivity index (χ1n) is 12.6. The van der Waals surface area contributed by atoms with Crippen LogP contribution in [-0.4, -0.2) is 35.6 Å². The number of aryl methyl sites for hydroxylation is 2. The highest BCUT2D eigenvalue weighted by molar-refractivity contribution is 7.14. The number of anilines is 2. The number of methoxy groups -OCH3 is 1. The number of hydrogen-bond donors (Lipinski definition) is 2. The first-order valence-corrected chi connectivity index (χ1v) is 13.5. The average Bonchev–Trinajstić information content (AvgIpc) is 3.61. The van der Waals surface area contributed by atoms with Crippen LogP contribution in [0.15, 0.2) is 72.1 Å². The third-order valence-corrected chi connectivity index (χ3v) is 7.55. The van der Waals surface area contributed by atoms with E-state index >= 15 is 0 Å². The van der Waals surface area contributed by atoms with E-state index in [1.54, 1.807) is 30.6 Å². The van der Waals surface area contributed by atoms with Gasteiger partial charge in [-0.1, -0.05) is 18.2 Å². The van der Waals surface area contributed by atoms with Crippen LogP contribution in [0.25, 0.3) is 11.3 Å². The van der Waals surface area contributed by atoms with Gasteiger partial charge in [-0.25, -0.2) is 4.98 Å². The number of nitrogens with one attached hydrogen (secondary N) is 1. The molecule has 1 heterocycles. The zero-order chi connectivity index (χ0) is 26.5. The van der Waals surface area contributed by atoms with E-state index in [1.165, 1.54) is 17.5 Å². The van der Waals surface area contributed by atoms with Crippen molar-refractivity contribution >= 4 is 34.0 Å². The van der Waals surface area contributed by atoms with Crippen LogP contribution in [0.1, 0.15) is 39.9 Å². The first kappa shape index (κ1) is 25.5. The van der Waals surface area contributed by atoms with E-state index in [0.717, 1.165) is 46.2 Å². The number of hydrogen-bond acceptors (Lipinski definition) is 6. The summed E-state index contributed by atoms with van der Waals surface area (Å²) >= 11 is 1.60. The largest absolute Gasteiger partial charge is 0.497 e. The Labute approximate surface area is 225 Å². The van der Waals surface area contributed by atoms with E-state index < -0.39 is 5.97 Å². The molecule has 0 saturated heterocycles. The summed E-state index contributed by atoms with van der Waals surface area (Å²) in [7, 11) is 1.66. The molecule has 0 aliphatic heterocycles. The van der Waals surface area contributed by atoms with Gasteiger partial charge >= 0.3 is 5.97 Å². The zero-order valence-corrected chi connectivity index (χ0v) is 22.0. The van der Waals surface area contributed by atoms with Crippen LogP contribution < -0.4 is 15.0 Å². The number of carbonyl (C=O) groups is 2. The lowest BCUT2D eigenvalue weighted by molar-refractivity contribution is -0.136. The minimum Gasteiger partial charge on any atom is -0.497 e. The van der Waals surface area contributed by atoms with Crippen molar-refractivity contribution in [2.75, 3.05) is 18.6 Å². The van der Waals surface area contributed by atoms with Gasteiger partial charge in [0.15, 0.2) is 5.13 Å². The Morgan fingerprint density at radius 1 is 1.03 bits per heavy atom. The van der Waals surface area contributed by atoms with Gasteiger partial charge in [0.25, 0.3) is 5.91 Å². The van der Waals surface area contributed by atoms with E-state index in [0.29, 0.717) is 12.1 Å². The Morgan fingerprint density at radius 2 is 1.79 bits per heavy atom. The highest BCUT2D eigenvalue weighted by Gasteiger charge is 2.19. The number of rotatable bonds is 10. The van der Waals surface area contributed by atoms with E-state index in [-0.39, 0.29) is 18.9 Å². The zero-order valence-electron chi connectivity index (χ0n) is 21.1. The van der Waals surface area contributed by atoms with Crippen molar-refractivity contribution < 1.29 is 19.4 Å². The molecule has 4 aromatic rings. The van der Waals surface area contributed by atoms with Crippen molar-refractivity contribution in [1.29, 1.82) is 0 Å². The van der Waals surface area contributed by atoms with Crippen LogP contribution in [0.5, 0.6) is 5.75 Å². The lowest BCUT2D eigenvalue weighted by Gasteiger charge is -2.23. The molecule has 2 N–H and O–H groups in total. The molecule has 0 spiro atoms. The molecule has 0 bridgehead atoms. The molecule has 1 aromatic heterocycles. The van der Waals surface area contributed by atoms with Crippen molar-refractivity contribution in [3.8, 4) is 17.0 Å². The molecule has 7 nitrogen and oxygen atoms in total. The van der Waals surface area contributed by atoms with Crippen LogP contribution in [0.3, 0.4) is 0 Å². The number of aliphatic carboxylic acids is 1. The molecule has 38 heavy (non-hydrogen) atoms. The average molecular weight is 528 g/mol. The maximum Gasteiger partial charge on any atom is 0.305 e. The third kappa shape index (κ3) is 5.86. The monoisotopic (exact) mass is 527 g/mol. The number of carboxylic acids is 1. The summed E-state index contributed by atoms with van der Waals surface area (Å²) in [4.78, 5) is 30.3. The second-order valence-electron chi connectivity index (χ2n) is 9.23. The standard InChI is InChI=1S/C30H29N3O4S/c1-37-26-13-10-22(11-14-26)27-19-38-30(32-27)33(25-12-9-21-3-2-4-24(21)17-25)18-20-5-7-23(8-6-20)29(36)31-16-15-28(34)35/h5-14,17,19H,2-4,15-16,18H2,1H3,(H,31,36)(H,34,35). The van der Waals surface area contributed by atoms with Crippen LogP contribution in [-0.2, 0) is 24.2 Å². The number of carboxylic acid groups (broad SMARTS) is 1. The van der Waals surface area contributed by atoms with Gasteiger partial charge in [-0.05, 0) is 84.5 Å². The quantitative estimate of drug-likeness (QED) is 0.269. The highest BCUT2D eigenvalue weighted by atomic mass is 32.1. The molecule has 0 unspecified atom stereocenters. The fraction of sp³-hybridized carbons (Fsp3) is 0.233. The minimum atomic E-state index is -0.940. The molecular weight excluding hydrogens is 498 g/mol. The molecule has 1 aliphatic rings. The Morgan fingerprint density at radius 3 is 2.53 bits per heavy atom. The summed E-state index contributed by atoms with van der Waals surface area (Å²) in [5.41, 5.74) is 7.38. The molecule has 3 aromatic carbocycles. The number of aromatic nitrogens is 1. The Kier molecular flexibility index (Phi) is 7.70. The summed E-state index contributed by atoms with van der Waals surface area (Å²) in [6, 6.07) is 22.0. The number of ether oxygens (including phenoxy) is 1. The molecule has 0 atom stereocenters. The van der Waals surface area contributed by atoms with Crippen molar-refractivity contribution in [1.82, 2.24) is 10.3 Å². The first-order chi connectivity index (χ1) is 18.5. The van der Waals surface area contributed by atoms with Gasteiger partial charge in [0.05, 0.1) is 25.8 Å². The smallest absolute Gasteiger partial charge is 0.305 e. The highest BCUT2D eigenvalue weighted by Crippen LogP contribution is 2.36. The number of benzene rings is 3. The van der Waals surface area contributed by atoms with E-state index in [4.69, 9.17) is 14.8 Å². The predicted octanol–water partition coefficient (Wildman–Crippen LogP) is 5.85. The molecule has 0 radical (unpaired) electrons. The lowest BCUT2D eigenvalue weighted by atomic mass is 10.1. The third-order valence-electron chi connectivity index (χ3n) is 6.68. The molecule has 194 valence electrons. The summed E-state index contributed by atoms with van der Waals surface area (Å²) < 4.78 is 5.29. The SMILES string of the molecule is COc1ccc(-c2csc(N(Cc3ccc(C(=O)NCCC(=O)O)cc3)c3ccc4c(c3)CCC4)n2)cc1. The fourth-order valence-corrected chi connectivity index (χ4v) is 5.46. The minimum absolute atomic E-state index is 0.0998. The van der Waals surface area contributed by atoms with Gasteiger partial charge < -0.3 is 20.1 Å². The van der Waals surface area contributed by atoms with Crippen molar-refractivity contribution in [2.24, 2.45) is 0 Å². The molecule has 0 saturated carbocycles. The van der Waals surface area contributed by atoms with Crippen molar-refractivity contribution in [3.63, 3.8) is 0 Å². The number of amides is 1. The topological polar surface area (TPSA) is 91.8 Å². The molecular formula is C30H29N3O4S. The Bertz CT molecular complexity index is 1430. The van der Waals surface area contributed by atoms with Gasteiger partial charge in [0.1, 0.15) is 5.75 Å². The Hall–Kier alpha value is -4.17. The van der Waals surface area contributed by atoms with Gasteiger partial charge in [0, 0.05) is 28.7 Å². The van der Waals surface area contributed by atoms with Crippen LogP contribution in [0.2, 0.25) is 0 Å². The summed E-state index contributed by atoms with van der Waals surface area (Å²) in [5, 5.41) is 14.4. The van der Waals surface area contributed by atoms with Gasteiger partial charge in [-0.15, -0.1) is 11.3 Å². The van der Waals surface area contributed by atoms with Gasteiger partial charge in [-0.3, -0.25) is 9.59 Å². The van der Waals surface area contributed by atoms with E-state index in [1.807, 2.05) is 36.4 Å². The van der Waals surface area contributed by atoms with E-state index in [2.05, 4.69) is 33.8 Å². The molecule has 8 heteroatoms. The van der Waals surface area contributed by atoms with Crippen LogP contribution in [0, 0.1) is 0 Å². The van der Waals surface area contributed by atoms with Crippen LogP contribution in [0.4, 0.5) is 10.8 Å². The Balaban J connectivity index is 1.39. The maximum absolute atomic E-state index is 12.4. The molecule has 1 amide bonds. The summed E-state index contributed by atoms with van der Waals surface area (Å²) in [5.74, 6) is -0.412. The number of carbonyl (C=O) groups excluding carboxylic acids is 1. The van der Waals surface area contributed by atoms with Crippen LogP contribution >= 0.6 is 11.3 Å². The normalized spacial score (nSPS) is 12.1. The van der Waals surface area contributed by atoms with Crippen molar-refractivity contribution in [3.05, 3.63) is 94.4 Å². The number of nitrogens with zero attached hydrogens (tertiary/aromatic N) is 2. The molecule has 0 fully saturated rings. The molecule has 1 aliphatic carbocycles. The number of fused-ring (bicyclic) bond motifs is 1. The lowest BCUT2D eigenvalue weighted by Crippen LogP contribution is -2.26. The maximum atomic E-state index is 12.4. The predicted molar refractivity (Wildman–Crippen MR) is 149 cm³/mol. The summed E-state index contributed by atoms with van der Waals surface area (Å²) in [6.45, 7) is 0.692. The number of thiazole rings is 1. The fourth-order valence-electron chi connectivity index (χ4n) is 4.61. The van der Waals surface area contributed by atoms with Crippen molar-refractivity contribution in [2.45, 2.75) is 32.2 Å². The van der Waals surface area contributed by atoms with E-state index in [9.17, 15) is 9.59 Å². The summed E-state index contributed by atoms with van der Waals surface area (Å²) in [6.07, 6.45) is 3.31. The van der Waals surface area contributed by atoms with Gasteiger partial charge in [-0.2, -0.15) is 0 Å². The van der Waals surface area contributed by atoms with Gasteiger partial charge in [0.2, 0.25) is 0 Å². The molecule has 5 rings (SSSR count). The second kappa shape index (κ2) is 11.5. The second-order valence-corrected chi connectivity index (χ2v) is 10.1.